The number of hydrogen-bond acceptors (Lipinski definition) is 3. The quantitative estimate of drug-likeness (QED) is 0.722. The molecule has 1 aromatic carbocycles. The van der Waals surface area contributed by atoms with Gasteiger partial charge in [-0.3, -0.25) is 4.79 Å². The first-order valence-electron chi connectivity index (χ1n) is 5.79. The van der Waals surface area contributed by atoms with Gasteiger partial charge in [-0.05, 0) is 31.0 Å². The minimum Gasteiger partial charge on any atom is -0.389 e. The number of benzene rings is 1. The van der Waals surface area contributed by atoms with E-state index in [1.54, 1.807) is 13.8 Å². The average molecular weight is 234 g/mol. The van der Waals surface area contributed by atoms with Crippen molar-refractivity contribution in [3.63, 3.8) is 0 Å². The van der Waals surface area contributed by atoms with Gasteiger partial charge in [0, 0.05) is 25.2 Å². The monoisotopic (exact) mass is 234 g/mol. The summed E-state index contributed by atoms with van der Waals surface area (Å²) in [6.07, 6.45) is 0. The molecule has 0 radical (unpaired) electrons. The van der Waals surface area contributed by atoms with Crippen LogP contribution in [-0.4, -0.2) is 23.2 Å². The molecule has 0 spiro atoms. The molecule has 1 aromatic rings. The summed E-state index contributed by atoms with van der Waals surface area (Å²) >= 11 is 0. The van der Waals surface area contributed by atoms with Crippen LogP contribution in [0, 0.1) is 0 Å². The minimum atomic E-state index is -0.714. The summed E-state index contributed by atoms with van der Waals surface area (Å²) in [7, 11) is 0. The smallest absolute Gasteiger partial charge is 0.251 e. The van der Waals surface area contributed by atoms with E-state index in [-0.39, 0.29) is 5.91 Å². The largest absolute Gasteiger partial charge is 0.389 e. The third-order valence-corrected chi connectivity index (χ3v) is 2.75. The Kier molecular flexibility index (Phi) is 3.17. The summed E-state index contributed by atoms with van der Waals surface area (Å²) in [5, 5.41) is 15.5. The zero-order chi connectivity index (χ0) is 12.5. The maximum atomic E-state index is 11.5. The van der Waals surface area contributed by atoms with Gasteiger partial charge in [0.15, 0.2) is 0 Å². The molecule has 0 aliphatic carbocycles. The molecule has 0 saturated heterocycles. The van der Waals surface area contributed by atoms with Crippen molar-refractivity contribution in [2.75, 3.05) is 6.54 Å². The summed E-state index contributed by atoms with van der Waals surface area (Å²) in [6.45, 7) is 5.33. The predicted molar refractivity (Wildman–Crippen MR) is 65.6 cm³/mol. The number of carbonyl (C=O) groups is 1. The topological polar surface area (TPSA) is 61.4 Å². The van der Waals surface area contributed by atoms with Gasteiger partial charge in [0.2, 0.25) is 0 Å². The van der Waals surface area contributed by atoms with E-state index in [1.165, 1.54) is 0 Å². The zero-order valence-electron chi connectivity index (χ0n) is 10.2. The molecule has 0 unspecified atom stereocenters. The van der Waals surface area contributed by atoms with Crippen molar-refractivity contribution in [3.8, 4) is 0 Å². The highest BCUT2D eigenvalue weighted by molar-refractivity contribution is 5.98. The van der Waals surface area contributed by atoms with E-state index < -0.39 is 5.60 Å². The fraction of sp³-hybridized carbons (Fsp3) is 0.462. The molecule has 0 fully saturated rings. The minimum absolute atomic E-state index is 0.00402. The molecule has 1 aliphatic heterocycles. The third kappa shape index (κ3) is 3.05. The number of fused-ring (bicyclic) bond motifs is 1. The maximum Gasteiger partial charge on any atom is 0.251 e. The normalized spacial score (nSPS) is 14.6. The van der Waals surface area contributed by atoms with Crippen LogP contribution >= 0.6 is 0 Å². The molecule has 1 heterocycles. The van der Waals surface area contributed by atoms with Crippen LogP contribution in [0.15, 0.2) is 18.2 Å². The summed E-state index contributed by atoms with van der Waals surface area (Å²) < 4.78 is 0. The molecule has 17 heavy (non-hydrogen) atoms. The molecule has 0 bridgehead atoms. The fourth-order valence-corrected chi connectivity index (χ4v) is 1.88. The average Bonchev–Trinajstić information content (AvgIpc) is 2.59. The highest BCUT2D eigenvalue weighted by Crippen LogP contribution is 2.17. The lowest BCUT2D eigenvalue weighted by atomic mass is 10.1. The molecule has 4 nitrogen and oxygen atoms in total. The SMILES string of the molecule is CC(C)(O)CNCc1ccc2c(c1)C(=O)NC2. The van der Waals surface area contributed by atoms with E-state index in [0.29, 0.717) is 19.6 Å². The Morgan fingerprint density at radius 3 is 2.94 bits per heavy atom. The van der Waals surface area contributed by atoms with Gasteiger partial charge in [0.25, 0.3) is 5.91 Å². The van der Waals surface area contributed by atoms with Crippen LogP contribution < -0.4 is 10.6 Å². The van der Waals surface area contributed by atoms with Crippen molar-refractivity contribution in [2.24, 2.45) is 0 Å². The molecule has 3 N–H and O–H groups in total. The van der Waals surface area contributed by atoms with Crippen LogP contribution in [0.25, 0.3) is 0 Å². The van der Waals surface area contributed by atoms with E-state index >= 15 is 0 Å². The Labute approximate surface area is 101 Å². The molecule has 0 atom stereocenters. The van der Waals surface area contributed by atoms with Gasteiger partial charge in [0.05, 0.1) is 5.60 Å². The first kappa shape index (κ1) is 12.1. The number of nitrogens with one attached hydrogen (secondary N) is 2. The van der Waals surface area contributed by atoms with Crippen molar-refractivity contribution in [3.05, 3.63) is 34.9 Å². The summed E-state index contributed by atoms with van der Waals surface area (Å²) in [4.78, 5) is 11.5. The predicted octanol–water partition coefficient (Wildman–Crippen LogP) is 0.791. The highest BCUT2D eigenvalue weighted by Gasteiger charge is 2.18. The maximum absolute atomic E-state index is 11.5. The van der Waals surface area contributed by atoms with Crippen molar-refractivity contribution in [2.45, 2.75) is 32.5 Å². The van der Waals surface area contributed by atoms with Gasteiger partial charge in [-0.1, -0.05) is 12.1 Å². The van der Waals surface area contributed by atoms with E-state index in [4.69, 9.17) is 0 Å². The fourth-order valence-electron chi connectivity index (χ4n) is 1.88. The second kappa shape index (κ2) is 4.47. The molecule has 1 aliphatic rings. The Balaban J connectivity index is 1.99. The lowest BCUT2D eigenvalue weighted by Crippen LogP contribution is -2.34. The van der Waals surface area contributed by atoms with Crippen LogP contribution in [0.4, 0.5) is 0 Å². The Morgan fingerprint density at radius 1 is 1.47 bits per heavy atom. The standard InChI is InChI=1S/C13H18N2O2/c1-13(2,17)8-14-6-9-3-4-10-7-15-12(16)11(10)5-9/h3-5,14,17H,6-8H2,1-2H3,(H,15,16). The third-order valence-electron chi connectivity index (χ3n) is 2.75. The first-order valence-corrected chi connectivity index (χ1v) is 5.79. The van der Waals surface area contributed by atoms with Crippen molar-refractivity contribution < 1.29 is 9.90 Å². The van der Waals surface area contributed by atoms with Gasteiger partial charge in [0.1, 0.15) is 0 Å². The molecule has 92 valence electrons. The Hall–Kier alpha value is -1.39. The Morgan fingerprint density at radius 2 is 2.24 bits per heavy atom. The van der Waals surface area contributed by atoms with Crippen molar-refractivity contribution in [1.29, 1.82) is 0 Å². The first-order chi connectivity index (χ1) is 7.96. The van der Waals surface area contributed by atoms with E-state index in [1.807, 2.05) is 18.2 Å². The highest BCUT2D eigenvalue weighted by atomic mass is 16.3. The second-order valence-electron chi connectivity index (χ2n) is 5.09. The van der Waals surface area contributed by atoms with Crippen LogP contribution in [0.5, 0.6) is 0 Å². The molecular weight excluding hydrogens is 216 g/mol. The molecule has 2 rings (SSSR count). The van der Waals surface area contributed by atoms with Crippen LogP contribution in [0.2, 0.25) is 0 Å². The van der Waals surface area contributed by atoms with Gasteiger partial charge >= 0.3 is 0 Å². The lowest BCUT2D eigenvalue weighted by molar-refractivity contribution is 0.0794. The van der Waals surface area contributed by atoms with E-state index in [2.05, 4.69) is 10.6 Å². The Bertz CT molecular complexity index is 436. The van der Waals surface area contributed by atoms with Crippen molar-refractivity contribution in [1.82, 2.24) is 10.6 Å². The summed E-state index contributed by atoms with van der Waals surface area (Å²) in [6, 6.07) is 5.90. The second-order valence-corrected chi connectivity index (χ2v) is 5.09. The molecule has 4 heteroatoms. The molecule has 0 saturated carbocycles. The van der Waals surface area contributed by atoms with Crippen LogP contribution in [0.1, 0.15) is 35.3 Å². The van der Waals surface area contributed by atoms with Gasteiger partial charge in [-0.15, -0.1) is 0 Å². The van der Waals surface area contributed by atoms with E-state index in [9.17, 15) is 9.90 Å². The van der Waals surface area contributed by atoms with Gasteiger partial charge in [-0.25, -0.2) is 0 Å². The van der Waals surface area contributed by atoms with Gasteiger partial charge in [-0.2, -0.15) is 0 Å². The lowest BCUT2D eigenvalue weighted by Gasteiger charge is -2.17. The van der Waals surface area contributed by atoms with Gasteiger partial charge < -0.3 is 15.7 Å². The number of aliphatic hydroxyl groups is 1. The van der Waals surface area contributed by atoms with E-state index in [0.717, 1.165) is 16.7 Å². The van der Waals surface area contributed by atoms with Crippen LogP contribution in [-0.2, 0) is 13.1 Å². The summed E-state index contributed by atoms with van der Waals surface area (Å²) in [5.74, 6) is 0.00402. The number of amides is 1. The molecular formula is C13H18N2O2. The molecule has 1 amide bonds. The summed E-state index contributed by atoms with van der Waals surface area (Å²) in [5.41, 5.74) is 2.17. The number of rotatable bonds is 4. The van der Waals surface area contributed by atoms with Crippen LogP contribution in [0.3, 0.4) is 0 Å². The zero-order valence-corrected chi connectivity index (χ0v) is 10.2. The number of carbonyl (C=O) groups excluding carboxylic acids is 1. The number of hydrogen-bond donors (Lipinski definition) is 3. The molecule has 0 aromatic heterocycles. The van der Waals surface area contributed by atoms with Crippen molar-refractivity contribution >= 4 is 5.91 Å².